The van der Waals surface area contributed by atoms with E-state index in [-0.39, 0.29) is 17.1 Å². The molecule has 0 aliphatic heterocycles. The molecule has 12 heavy (non-hydrogen) atoms. The molecule has 0 spiro atoms. The molecule has 0 radical (unpaired) electrons. The molecule has 64 valence electrons. The number of carbonyl (C=O) groups excluding carboxylic acids is 1. The van der Waals surface area contributed by atoms with E-state index in [2.05, 4.69) is 5.92 Å². The Morgan fingerprint density at radius 1 is 1.83 bits per heavy atom. The van der Waals surface area contributed by atoms with E-state index in [1.807, 2.05) is 13.0 Å². The maximum atomic E-state index is 10.9. The van der Waals surface area contributed by atoms with Crippen molar-refractivity contribution in [2.45, 2.75) is 19.8 Å². The van der Waals surface area contributed by atoms with Gasteiger partial charge < -0.3 is 0 Å². The van der Waals surface area contributed by atoms with E-state index >= 15 is 0 Å². The van der Waals surface area contributed by atoms with Crippen molar-refractivity contribution in [3.63, 3.8) is 0 Å². The van der Waals surface area contributed by atoms with E-state index in [0.29, 0.717) is 6.42 Å². The second kappa shape index (κ2) is 3.78. The van der Waals surface area contributed by atoms with E-state index in [1.54, 1.807) is 0 Å². The zero-order valence-corrected chi connectivity index (χ0v) is 7.77. The van der Waals surface area contributed by atoms with E-state index in [4.69, 9.17) is 18.0 Å². The van der Waals surface area contributed by atoms with Gasteiger partial charge in [0.05, 0.1) is 5.92 Å². The van der Waals surface area contributed by atoms with Crippen LogP contribution in [0.15, 0.2) is 11.6 Å². The average molecular weight is 183 g/mol. The van der Waals surface area contributed by atoms with Gasteiger partial charge in [0.25, 0.3) is 0 Å². The minimum absolute atomic E-state index is 0.000000000000000222. The monoisotopic (exact) mass is 182 g/mol. The molecule has 1 aliphatic carbocycles. The Bertz CT molecular complexity index is 260. The number of carbonyl (C=O) groups is 1. The van der Waals surface area contributed by atoms with Gasteiger partial charge >= 0.3 is 0 Å². The minimum atomic E-state index is -0.304. The third-order valence-corrected chi connectivity index (χ3v) is 2.53. The Hall–Kier alpha value is -0.740. The molecule has 0 bridgehead atoms. The first-order valence-corrected chi connectivity index (χ1v) is 4.34. The summed E-state index contributed by atoms with van der Waals surface area (Å²) in [5.74, 6) is 2.45. The van der Waals surface area contributed by atoms with Crippen molar-refractivity contribution in [1.29, 1.82) is 0 Å². The fraction of sp³-hybridized carbons (Fsp3) is 0.500. The van der Waals surface area contributed by atoms with Crippen LogP contribution in [0, 0.1) is 24.2 Å². The molecule has 0 heterocycles. The molecule has 1 rings (SSSR count). The molecule has 0 N–H and O–H groups in total. The molecular weight excluding hydrogens is 172 g/mol. The highest BCUT2D eigenvalue weighted by Gasteiger charge is 2.27. The van der Waals surface area contributed by atoms with E-state index in [1.165, 1.54) is 5.57 Å². The van der Waals surface area contributed by atoms with Crippen LogP contribution in [-0.4, -0.2) is 5.24 Å². The smallest absolute Gasteiger partial charge is 0.226 e. The van der Waals surface area contributed by atoms with Crippen LogP contribution in [0.25, 0.3) is 0 Å². The average Bonchev–Trinajstić information content (AvgIpc) is 2.03. The molecule has 0 fully saturated rings. The van der Waals surface area contributed by atoms with Crippen LogP contribution < -0.4 is 0 Å². The first-order chi connectivity index (χ1) is 5.65. The molecule has 0 amide bonds. The molecule has 0 saturated carbocycles. The van der Waals surface area contributed by atoms with E-state index < -0.39 is 0 Å². The largest absolute Gasteiger partial charge is 0.281 e. The highest BCUT2D eigenvalue weighted by atomic mass is 35.5. The number of terminal acetylenes is 1. The van der Waals surface area contributed by atoms with Gasteiger partial charge in [-0.3, -0.25) is 4.79 Å². The molecule has 1 aliphatic rings. The predicted molar refractivity (Wildman–Crippen MR) is 49.7 cm³/mol. The van der Waals surface area contributed by atoms with Crippen LogP contribution in [0.4, 0.5) is 0 Å². The Labute approximate surface area is 77.8 Å². The molecule has 0 unspecified atom stereocenters. The summed E-state index contributed by atoms with van der Waals surface area (Å²) in [5.41, 5.74) is 1.26. The Kier molecular flexibility index (Phi) is 2.94. The van der Waals surface area contributed by atoms with Gasteiger partial charge in [-0.25, -0.2) is 0 Å². The molecule has 0 saturated heterocycles. The summed E-state index contributed by atoms with van der Waals surface area (Å²) >= 11 is 5.41. The van der Waals surface area contributed by atoms with Crippen LogP contribution in [-0.2, 0) is 4.79 Å². The van der Waals surface area contributed by atoms with Crippen molar-refractivity contribution in [2.24, 2.45) is 11.8 Å². The zero-order chi connectivity index (χ0) is 9.14. The first kappa shape index (κ1) is 9.35. The fourth-order valence-corrected chi connectivity index (χ4v) is 1.73. The summed E-state index contributed by atoms with van der Waals surface area (Å²) in [6.07, 6.45) is 8.85. The van der Waals surface area contributed by atoms with Gasteiger partial charge in [-0.2, -0.15) is 0 Å². The van der Waals surface area contributed by atoms with Gasteiger partial charge in [0.2, 0.25) is 5.24 Å². The van der Waals surface area contributed by atoms with Gasteiger partial charge in [-0.05, 0) is 31.4 Å². The zero-order valence-electron chi connectivity index (χ0n) is 7.01. The van der Waals surface area contributed by atoms with E-state index in [9.17, 15) is 4.79 Å². The standard InChI is InChI=1S/C10H11ClO/c1-3-8-6-7(2)4-5-9(8)10(11)12/h1,4,8-9H,5-6H2,2H3/t8-,9-/m1/s1. The van der Waals surface area contributed by atoms with Gasteiger partial charge in [-0.1, -0.05) is 11.6 Å². The van der Waals surface area contributed by atoms with Crippen LogP contribution in [0.2, 0.25) is 0 Å². The summed E-state index contributed by atoms with van der Waals surface area (Å²) in [6, 6.07) is 0. The third kappa shape index (κ3) is 1.89. The van der Waals surface area contributed by atoms with Crippen molar-refractivity contribution < 1.29 is 4.79 Å². The van der Waals surface area contributed by atoms with Crippen molar-refractivity contribution in [2.75, 3.05) is 0 Å². The van der Waals surface area contributed by atoms with Crippen LogP contribution in [0.1, 0.15) is 19.8 Å². The maximum absolute atomic E-state index is 10.9. The highest BCUT2D eigenvalue weighted by molar-refractivity contribution is 6.64. The summed E-state index contributed by atoms with van der Waals surface area (Å²) in [6.45, 7) is 2.03. The fourth-order valence-electron chi connectivity index (χ4n) is 1.49. The van der Waals surface area contributed by atoms with Crippen molar-refractivity contribution >= 4 is 16.8 Å². The van der Waals surface area contributed by atoms with Crippen molar-refractivity contribution in [3.05, 3.63) is 11.6 Å². The van der Waals surface area contributed by atoms with Gasteiger partial charge in [0, 0.05) is 5.92 Å². The lowest BCUT2D eigenvalue weighted by Gasteiger charge is -2.23. The summed E-state index contributed by atoms with van der Waals surface area (Å²) in [5, 5.41) is -0.304. The molecular formula is C10H11ClO. The molecule has 0 aromatic heterocycles. The quantitative estimate of drug-likeness (QED) is 0.346. The number of halogens is 1. The maximum Gasteiger partial charge on any atom is 0.226 e. The lowest BCUT2D eigenvalue weighted by molar-refractivity contribution is -0.116. The second-order valence-corrected chi connectivity index (χ2v) is 3.55. The number of hydrogen-bond acceptors (Lipinski definition) is 1. The van der Waals surface area contributed by atoms with Gasteiger partial charge in [0.1, 0.15) is 0 Å². The molecule has 2 heteroatoms. The summed E-state index contributed by atoms with van der Waals surface area (Å²) < 4.78 is 0. The second-order valence-electron chi connectivity index (χ2n) is 3.17. The van der Waals surface area contributed by atoms with Crippen LogP contribution >= 0.6 is 11.6 Å². The molecule has 1 nitrogen and oxygen atoms in total. The summed E-state index contributed by atoms with van der Waals surface area (Å²) in [4.78, 5) is 10.9. The topological polar surface area (TPSA) is 17.1 Å². The van der Waals surface area contributed by atoms with E-state index in [0.717, 1.165) is 6.42 Å². The minimum Gasteiger partial charge on any atom is -0.281 e. The normalized spacial score (nSPS) is 28.9. The highest BCUT2D eigenvalue weighted by Crippen LogP contribution is 2.30. The van der Waals surface area contributed by atoms with Gasteiger partial charge in [-0.15, -0.1) is 12.3 Å². The summed E-state index contributed by atoms with van der Waals surface area (Å²) in [7, 11) is 0. The lowest BCUT2D eigenvalue weighted by Crippen LogP contribution is -2.22. The van der Waals surface area contributed by atoms with Crippen LogP contribution in [0.3, 0.4) is 0 Å². The molecule has 0 aromatic rings. The Morgan fingerprint density at radius 2 is 2.50 bits per heavy atom. The van der Waals surface area contributed by atoms with Crippen molar-refractivity contribution in [3.8, 4) is 12.3 Å². The first-order valence-electron chi connectivity index (χ1n) is 3.96. The van der Waals surface area contributed by atoms with Crippen LogP contribution in [0.5, 0.6) is 0 Å². The Balaban J connectivity index is 2.78. The van der Waals surface area contributed by atoms with Gasteiger partial charge in [0.15, 0.2) is 0 Å². The predicted octanol–water partition coefficient (Wildman–Crippen LogP) is 2.36. The number of allylic oxidation sites excluding steroid dienone is 2. The third-order valence-electron chi connectivity index (χ3n) is 2.25. The van der Waals surface area contributed by atoms with Crippen molar-refractivity contribution in [1.82, 2.24) is 0 Å². The number of rotatable bonds is 1. The molecule has 0 aromatic carbocycles. The number of hydrogen-bond donors (Lipinski definition) is 0. The molecule has 2 atom stereocenters. The lowest BCUT2D eigenvalue weighted by atomic mass is 9.81. The SMILES string of the molecule is C#C[C@@H]1CC(C)=CC[C@H]1C(=O)Cl. The Morgan fingerprint density at radius 3 is 3.00 bits per heavy atom.